The molecular formula is C7H3ClF3O2S+. The highest BCUT2D eigenvalue weighted by molar-refractivity contribution is 7.65. The van der Waals surface area contributed by atoms with Gasteiger partial charge in [0.15, 0.2) is 0 Å². The Balaban J connectivity index is 2.95. The monoisotopic (exact) mass is 243 g/mol. The van der Waals surface area contributed by atoms with E-state index in [1.165, 1.54) is 6.07 Å². The van der Waals surface area contributed by atoms with Gasteiger partial charge >= 0.3 is 18.0 Å². The maximum atomic E-state index is 11.8. The van der Waals surface area contributed by atoms with E-state index in [4.69, 9.17) is 11.6 Å². The second-order valence-corrected chi connectivity index (χ2v) is 3.27. The van der Waals surface area contributed by atoms with E-state index in [0.29, 0.717) is 0 Å². The van der Waals surface area contributed by atoms with Gasteiger partial charge in [0.2, 0.25) is 0 Å². The Hall–Kier alpha value is -0.880. The molecule has 0 aliphatic carbocycles. The fraction of sp³-hybridized carbons (Fsp3) is 0.143. The van der Waals surface area contributed by atoms with Crippen LogP contribution in [0.1, 0.15) is 0 Å². The number of ether oxygens (including phenoxy) is 1. The average molecular weight is 244 g/mol. The molecule has 1 aromatic rings. The van der Waals surface area contributed by atoms with Gasteiger partial charge in [-0.25, -0.2) is 0 Å². The van der Waals surface area contributed by atoms with Gasteiger partial charge in [0, 0.05) is 16.3 Å². The second kappa shape index (κ2) is 4.10. The minimum Gasteiger partial charge on any atom is -0.404 e. The molecular weight excluding hydrogens is 241 g/mol. The minimum absolute atomic E-state index is 0.138. The SMILES string of the molecule is O=[S+]c1ccc(OC(F)(F)F)c(Cl)c1. The molecule has 1 aromatic carbocycles. The van der Waals surface area contributed by atoms with Gasteiger partial charge in [0.1, 0.15) is 5.75 Å². The average Bonchev–Trinajstić information content (AvgIpc) is 2.06. The molecule has 0 atom stereocenters. The first-order valence-corrected chi connectivity index (χ1v) is 4.39. The fourth-order valence-electron chi connectivity index (χ4n) is 0.741. The van der Waals surface area contributed by atoms with Crippen LogP contribution in [-0.4, -0.2) is 6.36 Å². The van der Waals surface area contributed by atoms with Gasteiger partial charge < -0.3 is 4.74 Å². The van der Waals surface area contributed by atoms with Crippen molar-refractivity contribution in [2.24, 2.45) is 0 Å². The maximum Gasteiger partial charge on any atom is 0.573 e. The first kappa shape index (κ1) is 11.2. The summed E-state index contributed by atoms with van der Waals surface area (Å²) in [7, 11) is 0. The molecule has 0 N–H and O–H groups in total. The van der Waals surface area contributed by atoms with Crippen LogP contribution in [0.4, 0.5) is 13.2 Å². The van der Waals surface area contributed by atoms with Gasteiger partial charge in [-0.1, -0.05) is 11.6 Å². The van der Waals surface area contributed by atoms with Crippen molar-refractivity contribution in [1.82, 2.24) is 0 Å². The highest BCUT2D eigenvalue weighted by Crippen LogP contribution is 2.30. The molecule has 0 aliphatic heterocycles. The van der Waals surface area contributed by atoms with E-state index in [0.717, 1.165) is 12.1 Å². The standard InChI is InChI=1S/C7H3ClF3O2S/c8-5-3-4(14-12)1-2-6(5)13-7(9,10)11/h1-3H/q+1. The van der Waals surface area contributed by atoms with Crippen LogP contribution in [0.3, 0.4) is 0 Å². The zero-order valence-corrected chi connectivity index (χ0v) is 8.04. The van der Waals surface area contributed by atoms with Crippen molar-refractivity contribution in [3.05, 3.63) is 23.2 Å². The van der Waals surface area contributed by atoms with E-state index in [9.17, 15) is 17.4 Å². The molecule has 0 amide bonds. The number of benzene rings is 1. The van der Waals surface area contributed by atoms with Crippen LogP contribution in [-0.2, 0) is 15.9 Å². The van der Waals surface area contributed by atoms with Gasteiger partial charge in [-0.3, -0.25) is 0 Å². The lowest BCUT2D eigenvalue weighted by Crippen LogP contribution is -2.17. The number of rotatable bonds is 2. The summed E-state index contributed by atoms with van der Waals surface area (Å²) >= 11 is 5.58. The molecule has 2 nitrogen and oxygen atoms in total. The first-order valence-electron chi connectivity index (χ1n) is 3.27. The molecule has 0 aliphatic rings. The van der Waals surface area contributed by atoms with Crippen LogP contribution in [0.5, 0.6) is 5.75 Å². The first-order chi connectivity index (χ1) is 6.42. The quantitative estimate of drug-likeness (QED) is 0.747. The fourth-order valence-corrected chi connectivity index (χ4v) is 1.31. The zero-order chi connectivity index (χ0) is 10.8. The highest BCUT2D eigenvalue weighted by Gasteiger charge is 2.32. The Morgan fingerprint density at radius 3 is 2.43 bits per heavy atom. The van der Waals surface area contributed by atoms with Crippen molar-refractivity contribution in [2.45, 2.75) is 11.3 Å². The van der Waals surface area contributed by atoms with Crippen LogP contribution in [0.15, 0.2) is 23.1 Å². The summed E-state index contributed by atoms with van der Waals surface area (Å²) in [6.45, 7) is 0. The lowest BCUT2D eigenvalue weighted by atomic mass is 10.3. The molecule has 14 heavy (non-hydrogen) atoms. The summed E-state index contributed by atoms with van der Waals surface area (Å²) in [5.74, 6) is -0.517. The van der Waals surface area contributed by atoms with E-state index in [2.05, 4.69) is 4.74 Å². The Bertz CT molecular complexity index is 353. The van der Waals surface area contributed by atoms with Gasteiger partial charge in [0.05, 0.1) is 5.02 Å². The molecule has 0 fully saturated rings. The number of alkyl halides is 3. The normalized spacial score (nSPS) is 11.1. The molecule has 76 valence electrons. The lowest BCUT2D eigenvalue weighted by molar-refractivity contribution is -0.274. The smallest absolute Gasteiger partial charge is 0.404 e. The molecule has 0 aromatic heterocycles. The minimum atomic E-state index is -4.78. The molecule has 0 radical (unpaired) electrons. The van der Waals surface area contributed by atoms with Crippen LogP contribution >= 0.6 is 11.6 Å². The summed E-state index contributed by atoms with van der Waals surface area (Å²) in [4.78, 5) is 0.226. The summed E-state index contributed by atoms with van der Waals surface area (Å²) in [5.41, 5.74) is 0. The van der Waals surface area contributed by atoms with Crippen LogP contribution in [0, 0.1) is 0 Å². The number of halogens is 4. The van der Waals surface area contributed by atoms with Gasteiger partial charge in [0.25, 0.3) is 4.90 Å². The third-order valence-electron chi connectivity index (χ3n) is 1.23. The van der Waals surface area contributed by atoms with Crippen LogP contribution in [0.2, 0.25) is 5.02 Å². The Kier molecular flexibility index (Phi) is 3.28. The molecule has 1 rings (SSSR count). The van der Waals surface area contributed by atoms with Crippen molar-refractivity contribution in [1.29, 1.82) is 0 Å². The largest absolute Gasteiger partial charge is 0.573 e. The Morgan fingerprint density at radius 2 is 2.00 bits per heavy atom. The summed E-state index contributed by atoms with van der Waals surface area (Å²) in [6, 6.07) is 3.31. The molecule has 7 heteroatoms. The summed E-state index contributed by atoms with van der Waals surface area (Å²) in [6.07, 6.45) is -4.78. The molecule has 0 saturated heterocycles. The second-order valence-electron chi connectivity index (χ2n) is 2.22. The maximum absolute atomic E-state index is 11.8. The predicted molar refractivity (Wildman–Crippen MR) is 44.5 cm³/mol. The van der Waals surface area contributed by atoms with Crippen molar-refractivity contribution < 1.29 is 22.1 Å². The molecule has 0 unspecified atom stereocenters. The van der Waals surface area contributed by atoms with E-state index < -0.39 is 12.1 Å². The number of hydrogen-bond donors (Lipinski definition) is 0. The van der Waals surface area contributed by atoms with E-state index in [1.807, 2.05) is 0 Å². The van der Waals surface area contributed by atoms with Crippen molar-refractivity contribution in [2.75, 3.05) is 0 Å². The molecule has 0 heterocycles. The molecule has 0 spiro atoms. The van der Waals surface area contributed by atoms with E-state index in [-0.39, 0.29) is 21.6 Å². The van der Waals surface area contributed by atoms with Crippen LogP contribution in [0.25, 0.3) is 0 Å². The number of hydrogen-bond acceptors (Lipinski definition) is 2. The molecule has 0 bridgehead atoms. The zero-order valence-electron chi connectivity index (χ0n) is 6.47. The lowest BCUT2D eigenvalue weighted by Gasteiger charge is -2.08. The van der Waals surface area contributed by atoms with Gasteiger partial charge in [-0.2, -0.15) is 0 Å². The van der Waals surface area contributed by atoms with E-state index in [1.54, 1.807) is 0 Å². The topological polar surface area (TPSA) is 26.3 Å². The summed E-state index contributed by atoms with van der Waals surface area (Å²) < 4.78 is 49.1. The Morgan fingerprint density at radius 1 is 1.36 bits per heavy atom. The Labute approximate surface area is 86.1 Å². The van der Waals surface area contributed by atoms with Gasteiger partial charge in [-0.15, -0.1) is 13.2 Å². The predicted octanol–water partition coefficient (Wildman–Crippen LogP) is 3.03. The third-order valence-corrected chi connectivity index (χ3v) is 1.97. The van der Waals surface area contributed by atoms with Gasteiger partial charge in [-0.05, 0) is 6.07 Å². The van der Waals surface area contributed by atoms with Crippen molar-refractivity contribution >= 4 is 23.3 Å². The third kappa shape index (κ3) is 3.12. The van der Waals surface area contributed by atoms with Crippen LogP contribution < -0.4 is 4.74 Å². The van der Waals surface area contributed by atoms with Crippen molar-refractivity contribution in [3.8, 4) is 5.75 Å². The van der Waals surface area contributed by atoms with E-state index >= 15 is 0 Å². The summed E-state index contributed by atoms with van der Waals surface area (Å²) in [5, 5.41) is -0.247. The molecule has 0 saturated carbocycles. The highest BCUT2D eigenvalue weighted by atomic mass is 35.5. The van der Waals surface area contributed by atoms with Crippen molar-refractivity contribution in [3.63, 3.8) is 0 Å².